The quantitative estimate of drug-likeness (QED) is 0.887. The maximum atomic E-state index is 12.1. The molecule has 2 rings (SSSR count). The third-order valence-corrected chi connectivity index (χ3v) is 4.62. The molecule has 0 fully saturated rings. The largest absolute Gasteiger partial charge is 0.469 e. The highest BCUT2D eigenvalue weighted by Crippen LogP contribution is 2.27. The van der Waals surface area contributed by atoms with Crippen LogP contribution in [-0.2, 0) is 16.8 Å². The number of amides is 1. The average Bonchev–Trinajstić information content (AvgIpc) is 3.07. The maximum Gasteiger partial charge on any atom is 0.221 e. The van der Waals surface area contributed by atoms with Crippen LogP contribution >= 0.6 is 11.3 Å². The van der Waals surface area contributed by atoms with E-state index in [1.54, 1.807) is 17.6 Å². The number of aromatic nitrogens is 1. The first kappa shape index (κ1) is 14.8. The van der Waals surface area contributed by atoms with Gasteiger partial charge in [-0.05, 0) is 32.4 Å². The molecule has 108 valence electrons. The summed E-state index contributed by atoms with van der Waals surface area (Å²) < 4.78 is 5.24. The number of aryl methyl sites for hydroxylation is 2. The molecule has 0 spiro atoms. The van der Waals surface area contributed by atoms with E-state index in [0.717, 1.165) is 22.9 Å². The van der Waals surface area contributed by atoms with Gasteiger partial charge in [0.1, 0.15) is 10.8 Å². The number of carbonyl (C=O) groups excluding carboxylic acids is 1. The van der Waals surface area contributed by atoms with Crippen LogP contribution in [0.4, 0.5) is 0 Å². The van der Waals surface area contributed by atoms with E-state index >= 15 is 0 Å². The number of hydrogen-bond donors (Lipinski definition) is 1. The van der Waals surface area contributed by atoms with Crippen molar-refractivity contribution in [2.75, 3.05) is 0 Å². The fourth-order valence-corrected chi connectivity index (χ4v) is 2.95. The number of rotatable bonds is 6. The number of hydrogen-bond acceptors (Lipinski definition) is 4. The first-order valence-corrected chi connectivity index (χ1v) is 7.67. The van der Waals surface area contributed by atoms with E-state index in [1.165, 1.54) is 0 Å². The highest BCUT2D eigenvalue weighted by atomic mass is 32.1. The minimum Gasteiger partial charge on any atom is -0.469 e. The molecule has 0 aromatic carbocycles. The van der Waals surface area contributed by atoms with Crippen molar-refractivity contribution in [3.05, 3.63) is 40.2 Å². The Morgan fingerprint density at radius 3 is 2.90 bits per heavy atom. The van der Waals surface area contributed by atoms with Crippen LogP contribution in [0.25, 0.3) is 0 Å². The van der Waals surface area contributed by atoms with Crippen LogP contribution in [0.15, 0.2) is 28.2 Å². The number of nitrogens with one attached hydrogen (secondary N) is 1. The number of thiazole rings is 1. The molecule has 0 aliphatic rings. The second-order valence-electron chi connectivity index (χ2n) is 5.11. The Labute approximate surface area is 123 Å². The topological polar surface area (TPSA) is 55.1 Å². The zero-order chi connectivity index (χ0) is 14.6. The fraction of sp³-hybridized carbons (Fsp3) is 0.467. The summed E-state index contributed by atoms with van der Waals surface area (Å²) in [4.78, 5) is 16.6. The molecule has 5 heteroatoms. The number of carbonyl (C=O) groups is 1. The normalized spacial score (nSPS) is 13.9. The van der Waals surface area contributed by atoms with Crippen molar-refractivity contribution in [1.82, 2.24) is 10.3 Å². The first-order valence-electron chi connectivity index (χ1n) is 6.79. The highest BCUT2D eigenvalue weighted by molar-refractivity contribution is 7.09. The second-order valence-corrected chi connectivity index (χ2v) is 5.97. The van der Waals surface area contributed by atoms with Gasteiger partial charge >= 0.3 is 0 Å². The molecule has 4 nitrogen and oxygen atoms in total. The molecule has 20 heavy (non-hydrogen) atoms. The lowest BCUT2D eigenvalue weighted by atomic mass is 9.99. The molecule has 0 radical (unpaired) electrons. The van der Waals surface area contributed by atoms with Crippen molar-refractivity contribution in [1.29, 1.82) is 0 Å². The van der Waals surface area contributed by atoms with E-state index in [1.807, 2.05) is 31.4 Å². The van der Waals surface area contributed by atoms with Gasteiger partial charge < -0.3 is 9.73 Å². The third-order valence-electron chi connectivity index (χ3n) is 3.39. The van der Waals surface area contributed by atoms with E-state index in [2.05, 4.69) is 17.2 Å². The van der Waals surface area contributed by atoms with Gasteiger partial charge in [-0.1, -0.05) is 6.92 Å². The molecule has 0 unspecified atom stereocenters. The van der Waals surface area contributed by atoms with Gasteiger partial charge in [0.15, 0.2) is 0 Å². The Kier molecular flexibility index (Phi) is 4.60. The van der Waals surface area contributed by atoms with Crippen molar-refractivity contribution in [2.24, 2.45) is 0 Å². The van der Waals surface area contributed by atoms with Crippen molar-refractivity contribution < 1.29 is 9.21 Å². The average molecular weight is 292 g/mol. The number of furan rings is 1. The minimum absolute atomic E-state index is 0.0265. The first-order chi connectivity index (χ1) is 9.53. The fourth-order valence-electron chi connectivity index (χ4n) is 1.96. The van der Waals surface area contributed by atoms with Gasteiger partial charge in [-0.3, -0.25) is 4.79 Å². The smallest absolute Gasteiger partial charge is 0.221 e. The van der Waals surface area contributed by atoms with Crippen LogP contribution in [0.3, 0.4) is 0 Å². The van der Waals surface area contributed by atoms with Crippen LogP contribution in [-0.4, -0.2) is 10.9 Å². The Morgan fingerprint density at radius 2 is 2.35 bits per heavy atom. The van der Waals surface area contributed by atoms with Crippen LogP contribution in [0, 0.1) is 6.92 Å². The van der Waals surface area contributed by atoms with Crippen molar-refractivity contribution in [2.45, 2.75) is 45.6 Å². The van der Waals surface area contributed by atoms with E-state index in [0.29, 0.717) is 12.8 Å². The van der Waals surface area contributed by atoms with Gasteiger partial charge in [0.2, 0.25) is 5.91 Å². The summed E-state index contributed by atoms with van der Waals surface area (Å²) in [7, 11) is 0. The Morgan fingerprint density at radius 1 is 1.55 bits per heavy atom. The summed E-state index contributed by atoms with van der Waals surface area (Å²) in [6, 6.07) is 3.72. The van der Waals surface area contributed by atoms with Gasteiger partial charge in [-0.15, -0.1) is 11.3 Å². The Bertz CT molecular complexity index is 562. The molecular formula is C15H20N2O2S. The van der Waals surface area contributed by atoms with E-state index in [4.69, 9.17) is 4.42 Å². The van der Waals surface area contributed by atoms with Gasteiger partial charge in [-0.2, -0.15) is 0 Å². The third kappa shape index (κ3) is 3.48. The number of nitrogens with zero attached hydrogens (tertiary/aromatic N) is 1. The van der Waals surface area contributed by atoms with Crippen LogP contribution in [0.5, 0.6) is 0 Å². The van der Waals surface area contributed by atoms with Crippen molar-refractivity contribution in [3.63, 3.8) is 0 Å². The lowest BCUT2D eigenvalue weighted by Crippen LogP contribution is -2.43. The molecule has 2 aromatic rings. The summed E-state index contributed by atoms with van der Waals surface area (Å²) in [5.74, 6) is 0.863. The summed E-state index contributed by atoms with van der Waals surface area (Å²) >= 11 is 1.59. The van der Waals surface area contributed by atoms with Crippen LogP contribution in [0.2, 0.25) is 0 Å². The standard InChI is InChI=1S/C15H20N2O2S/c1-4-15(3,14-16-11(2)10-20-14)17-13(18)8-7-12-6-5-9-19-12/h5-6,9-10H,4,7-8H2,1-3H3,(H,17,18)/t15-/m1/s1. The monoisotopic (exact) mass is 292 g/mol. The molecule has 0 aliphatic carbocycles. The lowest BCUT2D eigenvalue weighted by Gasteiger charge is -2.27. The predicted molar refractivity (Wildman–Crippen MR) is 79.7 cm³/mol. The lowest BCUT2D eigenvalue weighted by molar-refractivity contribution is -0.123. The Hall–Kier alpha value is -1.62. The van der Waals surface area contributed by atoms with Crippen molar-refractivity contribution >= 4 is 17.2 Å². The summed E-state index contributed by atoms with van der Waals surface area (Å²) in [6.45, 7) is 6.05. The molecule has 2 heterocycles. The molecule has 1 amide bonds. The minimum atomic E-state index is -0.390. The summed E-state index contributed by atoms with van der Waals surface area (Å²) in [6.07, 6.45) is 3.48. The van der Waals surface area contributed by atoms with Gasteiger partial charge in [0, 0.05) is 23.9 Å². The molecular weight excluding hydrogens is 272 g/mol. The SMILES string of the molecule is CC[C@@](C)(NC(=O)CCc1ccco1)c1nc(C)cs1. The zero-order valence-corrected chi connectivity index (χ0v) is 12.9. The van der Waals surface area contributed by atoms with Gasteiger partial charge in [-0.25, -0.2) is 4.98 Å². The van der Waals surface area contributed by atoms with Gasteiger partial charge in [0.25, 0.3) is 0 Å². The van der Waals surface area contributed by atoms with Crippen LogP contribution < -0.4 is 5.32 Å². The summed E-state index contributed by atoms with van der Waals surface area (Å²) in [5, 5.41) is 6.08. The second kappa shape index (κ2) is 6.22. The zero-order valence-electron chi connectivity index (χ0n) is 12.1. The maximum absolute atomic E-state index is 12.1. The molecule has 0 saturated carbocycles. The molecule has 0 bridgehead atoms. The molecule has 0 aliphatic heterocycles. The van der Waals surface area contributed by atoms with E-state index < -0.39 is 0 Å². The molecule has 1 N–H and O–H groups in total. The van der Waals surface area contributed by atoms with E-state index in [-0.39, 0.29) is 11.4 Å². The molecule has 2 aromatic heterocycles. The predicted octanol–water partition coefficient (Wildman–Crippen LogP) is 3.42. The van der Waals surface area contributed by atoms with Gasteiger partial charge in [0.05, 0.1) is 11.8 Å². The van der Waals surface area contributed by atoms with E-state index in [9.17, 15) is 4.79 Å². The molecule has 1 atom stereocenters. The summed E-state index contributed by atoms with van der Waals surface area (Å²) in [5.41, 5.74) is 0.605. The highest BCUT2D eigenvalue weighted by Gasteiger charge is 2.29. The van der Waals surface area contributed by atoms with Crippen molar-refractivity contribution in [3.8, 4) is 0 Å². The van der Waals surface area contributed by atoms with Crippen LogP contribution in [0.1, 0.15) is 43.2 Å². The molecule has 0 saturated heterocycles. The Balaban J connectivity index is 1.97.